The molecule has 0 unspecified atom stereocenters. The second-order valence-corrected chi connectivity index (χ2v) is 14.6. The van der Waals surface area contributed by atoms with Gasteiger partial charge in [-0.1, -0.05) is 65.3 Å². The van der Waals surface area contributed by atoms with E-state index in [0.717, 1.165) is 6.42 Å². The van der Waals surface area contributed by atoms with Gasteiger partial charge in [-0.15, -0.1) is 11.1 Å². The Labute approximate surface area is 293 Å². The summed E-state index contributed by atoms with van der Waals surface area (Å²) in [7, 11) is 0. The third kappa shape index (κ3) is 10.0. The van der Waals surface area contributed by atoms with Crippen molar-refractivity contribution in [1.82, 2.24) is 0 Å². The molecule has 1 aliphatic rings. The van der Waals surface area contributed by atoms with Gasteiger partial charge in [-0.25, -0.2) is 12.1 Å². The molecule has 0 amide bonds. The van der Waals surface area contributed by atoms with Crippen LogP contribution in [0.25, 0.3) is 11.1 Å². The summed E-state index contributed by atoms with van der Waals surface area (Å²) in [6.45, 7) is 17.8. The molecule has 0 nitrogen and oxygen atoms in total. The van der Waals surface area contributed by atoms with Gasteiger partial charge in [-0.3, -0.25) is 0 Å². The van der Waals surface area contributed by atoms with E-state index >= 15 is 0 Å². The maximum absolute atomic E-state index is 3.67. The summed E-state index contributed by atoms with van der Waals surface area (Å²) in [5.41, 5.74) is 14.0. The minimum absolute atomic E-state index is 0. The van der Waals surface area contributed by atoms with Crippen LogP contribution in [0, 0.1) is 19.9 Å². The fourth-order valence-electron chi connectivity index (χ4n) is 4.96. The summed E-state index contributed by atoms with van der Waals surface area (Å²) in [6, 6.07) is 42.7. The Morgan fingerprint density at radius 3 is 1.59 bits per heavy atom. The van der Waals surface area contributed by atoms with E-state index in [1.54, 1.807) is 0 Å². The topological polar surface area (TPSA) is 0 Å². The van der Waals surface area contributed by atoms with Crippen molar-refractivity contribution in [1.29, 1.82) is 0 Å². The van der Waals surface area contributed by atoms with Gasteiger partial charge in [0.05, 0.1) is 0 Å². The van der Waals surface area contributed by atoms with Gasteiger partial charge in [0.25, 0.3) is 0 Å². The van der Waals surface area contributed by atoms with Crippen LogP contribution in [-0.4, -0.2) is 3.21 Å². The Bertz CT molecular complexity index is 1490. The van der Waals surface area contributed by atoms with E-state index in [1.807, 2.05) is 30.3 Å². The van der Waals surface area contributed by atoms with Gasteiger partial charge >= 0.3 is 112 Å². The zero-order valence-electron chi connectivity index (χ0n) is 27.4. The number of benzene rings is 4. The fourth-order valence-corrected chi connectivity index (χ4v) is 5.77. The van der Waals surface area contributed by atoms with Crippen LogP contribution in [0.15, 0.2) is 109 Å². The average molecular weight is 699 g/mol. The zero-order chi connectivity index (χ0) is 30.5. The molecule has 1 aliphatic carbocycles. The van der Waals surface area contributed by atoms with Gasteiger partial charge in [0, 0.05) is 0 Å². The number of rotatable bonds is 2. The Morgan fingerprint density at radius 1 is 0.659 bits per heavy atom. The van der Waals surface area contributed by atoms with Crippen LogP contribution in [-0.2, 0) is 41.5 Å². The monoisotopic (exact) mass is 696 g/mol. The first-order valence-corrected chi connectivity index (χ1v) is 16.1. The molecule has 0 fully saturated rings. The van der Waals surface area contributed by atoms with Crippen molar-refractivity contribution >= 4 is 3.21 Å². The quantitative estimate of drug-likeness (QED) is 0.234. The second-order valence-electron chi connectivity index (χ2n) is 13.4. The summed E-state index contributed by atoms with van der Waals surface area (Å²) in [5.74, 6) is 0. The predicted octanol–water partition coefficient (Wildman–Crippen LogP) is 4.49. The molecule has 0 aromatic heterocycles. The van der Waals surface area contributed by atoms with Crippen LogP contribution in [0.1, 0.15) is 86.1 Å². The van der Waals surface area contributed by atoms with Gasteiger partial charge in [-0.2, -0.15) is 42.0 Å². The summed E-state index contributed by atoms with van der Waals surface area (Å²) < 4.78 is 1.42. The number of halogens is 2. The number of aryl methyl sites for hydroxylation is 2. The minimum atomic E-state index is 0. The Morgan fingerprint density at radius 2 is 1.16 bits per heavy atom. The van der Waals surface area contributed by atoms with Crippen LogP contribution in [0.2, 0.25) is 0 Å². The van der Waals surface area contributed by atoms with Crippen LogP contribution < -0.4 is 24.8 Å². The molecule has 6 rings (SSSR count). The molecule has 0 heterocycles. The third-order valence-corrected chi connectivity index (χ3v) is 9.12. The normalized spacial score (nSPS) is 11.3. The van der Waals surface area contributed by atoms with Crippen molar-refractivity contribution in [2.45, 2.75) is 72.6 Å². The SMILES string of the molecule is CC(C)(C)c1[c-]c2c(cc1)-c1ccc(C(C)(C)C)cc1C2.Cc1ccc([C](=[Zr+2])c2ccc(C)cc2)cc1.[Cl-].[Cl-].c1cc[cH-]c1. The molecule has 0 saturated carbocycles. The molecule has 0 saturated heterocycles. The molecule has 5 aromatic carbocycles. The molecule has 228 valence electrons. The molecule has 0 aliphatic heterocycles. The van der Waals surface area contributed by atoms with Gasteiger partial charge in [-0.05, 0) is 28.4 Å². The van der Waals surface area contributed by atoms with Crippen molar-refractivity contribution in [3.63, 3.8) is 0 Å². The molecule has 0 bridgehead atoms. The number of fused-ring (bicyclic) bond motifs is 3. The van der Waals surface area contributed by atoms with E-state index in [1.165, 1.54) is 83.1 Å². The maximum Gasteiger partial charge on any atom is -0.172 e. The van der Waals surface area contributed by atoms with E-state index < -0.39 is 0 Å². The van der Waals surface area contributed by atoms with Gasteiger partial charge in [0.1, 0.15) is 0 Å². The van der Waals surface area contributed by atoms with Gasteiger partial charge in [0.2, 0.25) is 0 Å². The maximum atomic E-state index is 3.67. The van der Waals surface area contributed by atoms with Crippen LogP contribution in [0.4, 0.5) is 0 Å². The third-order valence-electron chi connectivity index (χ3n) is 7.70. The van der Waals surface area contributed by atoms with E-state index in [-0.39, 0.29) is 35.6 Å². The predicted molar refractivity (Wildman–Crippen MR) is 179 cm³/mol. The fraction of sp³-hybridized carbons (Fsp3) is 0.268. The summed E-state index contributed by atoms with van der Waals surface area (Å²) in [5, 5.41) is 0. The van der Waals surface area contributed by atoms with Crippen molar-refractivity contribution in [2.24, 2.45) is 0 Å². The largest absolute Gasteiger partial charge is 1.00 e. The zero-order valence-corrected chi connectivity index (χ0v) is 31.3. The molecule has 3 heteroatoms. The molecule has 0 radical (unpaired) electrons. The van der Waals surface area contributed by atoms with Crippen LogP contribution in [0.3, 0.4) is 0 Å². The summed E-state index contributed by atoms with van der Waals surface area (Å²) in [6.07, 6.45) is 1.03. The molecule has 0 atom stereocenters. The van der Waals surface area contributed by atoms with E-state index in [4.69, 9.17) is 0 Å². The van der Waals surface area contributed by atoms with Gasteiger partial charge < -0.3 is 24.8 Å². The first kappa shape index (κ1) is 37.7. The summed E-state index contributed by atoms with van der Waals surface area (Å²) >= 11 is 1.46. The van der Waals surface area contributed by atoms with Crippen LogP contribution >= 0.6 is 0 Å². The number of hydrogen-bond acceptors (Lipinski definition) is 0. The Hall–Kier alpha value is -2.44. The smallest absolute Gasteiger partial charge is 0.172 e. The Kier molecular flexibility index (Phi) is 13.9. The minimum Gasteiger partial charge on any atom is -1.00 e. The summed E-state index contributed by atoms with van der Waals surface area (Å²) in [4.78, 5) is 0. The van der Waals surface area contributed by atoms with Crippen molar-refractivity contribution in [3.05, 3.63) is 160 Å². The van der Waals surface area contributed by atoms with Crippen molar-refractivity contribution in [3.8, 4) is 11.1 Å². The number of hydrogen-bond donors (Lipinski definition) is 0. The van der Waals surface area contributed by atoms with Crippen molar-refractivity contribution in [2.75, 3.05) is 0 Å². The second kappa shape index (κ2) is 16.2. The van der Waals surface area contributed by atoms with Gasteiger partial charge in [0.15, 0.2) is 0 Å². The Balaban J connectivity index is 0.000000260. The molecular weight excluding hydrogens is 655 g/mol. The first-order valence-electron chi connectivity index (χ1n) is 14.9. The molecule has 5 aromatic rings. The molecule has 0 N–H and O–H groups in total. The molecule has 44 heavy (non-hydrogen) atoms. The molecular formula is C41H44Cl2Zr-2. The standard InChI is InChI=1S/C21H25.C15H14.C5H5.2ClH.Zr/c1-20(2,3)16-7-9-18-14(12-16)11-15-13-17(21(4,5)6)8-10-19(15)18;1-12-3-7-14(8-4-12)11-15-9-5-13(2)6-10-15;1-2-4-5-3-1;;;/h7-10,12H,11H2,1-6H3;3-10H,1-2H3;1-5H;2*1H;/q-1;;-1;;;+2/p-2. The van der Waals surface area contributed by atoms with Crippen molar-refractivity contribution < 1.29 is 49.0 Å². The van der Waals surface area contributed by atoms with Crippen LogP contribution in [0.5, 0.6) is 0 Å². The van der Waals surface area contributed by atoms with E-state index in [2.05, 4.69) is 140 Å². The van der Waals surface area contributed by atoms with E-state index in [9.17, 15) is 0 Å². The average Bonchev–Trinajstić information content (AvgIpc) is 3.64. The molecule has 0 spiro atoms. The van der Waals surface area contributed by atoms with E-state index in [0.29, 0.717) is 0 Å². The first-order chi connectivity index (χ1) is 19.8.